The quantitative estimate of drug-likeness (QED) is 0.880. The van der Waals surface area contributed by atoms with E-state index in [1.54, 1.807) is 24.3 Å². The summed E-state index contributed by atoms with van der Waals surface area (Å²) >= 11 is 3.42. The largest absolute Gasteiger partial charge is 0.489 e. The van der Waals surface area contributed by atoms with Crippen molar-refractivity contribution in [3.63, 3.8) is 0 Å². The Labute approximate surface area is 125 Å². The summed E-state index contributed by atoms with van der Waals surface area (Å²) < 4.78 is 6.62. The average Bonchev–Trinajstić information content (AvgIpc) is 2.46. The maximum absolute atomic E-state index is 10.7. The minimum Gasteiger partial charge on any atom is -0.489 e. The number of aromatic carboxylic acids is 1. The fourth-order valence-electron chi connectivity index (χ4n) is 1.71. The van der Waals surface area contributed by atoms with Crippen LogP contribution in [0.1, 0.15) is 21.5 Å². The third-order valence-corrected chi connectivity index (χ3v) is 3.62. The lowest BCUT2D eigenvalue weighted by Crippen LogP contribution is -2.01. The van der Waals surface area contributed by atoms with Gasteiger partial charge in [-0.15, -0.1) is 0 Å². The number of benzene rings is 2. The van der Waals surface area contributed by atoms with Crippen LogP contribution in [0.4, 0.5) is 0 Å². The van der Waals surface area contributed by atoms with Gasteiger partial charge in [-0.2, -0.15) is 0 Å². The minimum absolute atomic E-state index is 0.266. The van der Waals surface area contributed by atoms with Crippen LogP contribution in [0.15, 0.2) is 46.9 Å². The van der Waals surface area contributed by atoms with Gasteiger partial charge in [0, 0.05) is 11.0 Å². The Morgan fingerprint density at radius 3 is 2.50 bits per heavy atom. The second-order valence-corrected chi connectivity index (χ2v) is 5.10. The monoisotopic (exact) mass is 335 g/mol. The summed E-state index contributed by atoms with van der Waals surface area (Å²) in [6, 6.07) is 12.2. The standard InChI is InChI=1S/C15H14BrNO3/c16-14-6-5-13(7-12(14)8-17)20-9-10-1-3-11(4-2-10)15(18)19/h1-7H,8-9,17H2,(H,18,19). The molecule has 3 N–H and O–H groups in total. The zero-order chi connectivity index (χ0) is 14.5. The van der Waals surface area contributed by atoms with Crippen molar-refractivity contribution in [1.29, 1.82) is 0 Å². The molecule has 0 aliphatic rings. The fraction of sp³-hybridized carbons (Fsp3) is 0.133. The van der Waals surface area contributed by atoms with Crippen LogP contribution in [0, 0.1) is 0 Å². The van der Waals surface area contributed by atoms with Gasteiger partial charge in [0.2, 0.25) is 0 Å². The second kappa shape index (κ2) is 6.54. The Kier molecular flexibility index (Phi) is 4.76. The first-order valence-electron chi connectivity index (χ1n) is 6.03. The highest BCUT2D eigenvalue weighted by molar-refractivity contribution is 9.10. The van der Waals surface area contributed by atoms with E-state index in [1.807, 2.05) is 18.2 Å². The van der Waals surface area contributed by atoms with Crippen molar-refractivity contribution in [3.8, 4) is 5.75 Å². The molecule has 0 radical (unpaired) electrons. The molecule has 0 aromatic heterocycles. The molecule has 0 aliphatic heterocycles. The summed E-state index contributed by atoms with van der Waals surface area (Å²) in [6.07, 6.45) is 0. The first-order valence-corrected chi connectivity index (χ1v) is 6.83. The highest BCUT2D eigenvalue weighted by Crippen LogP contribution is 2.23. The highest BCUT2D eigenvalue weighted by atomic mass is 79.9. The van der Waals surface area contributed by atoms with E-state index >= 15 is 0 Å². The molecule has 2 rings (SSSR count). The molecular weight excluding hydrogens is 322 g/mol. The molecule has 0 atom stereocenters. The maximum atomic E-state index is 10.7. The first-order chi connectivity index (χ1) is 9.60. The number of hydrogen-bond acceptors (Lipinski definition) is 3. The average molecular weight is 336 g/mol. The van der Waals surface area contributed by atoms with E-state index in [1.165, 1.54) is 0 Å². The van der Waals surface area contributed by atoms with Crippen molar-refractivity contribution in [2.75, 3.05) is 0 Å². The molecule has 104 valence electrons. The van der Waals surface area contributed by atoms with E-state index in [0.717, 1.165) is 21.3 Å². The van der Waals surface area contributed by atoms with E-state index in [4.69, 9.17) is 15.6 Å². The van der Waals surface area contributed by atoms with Gasteiger partial charge in [0.05, 0.1) is 5.56 Å². The van der Waals surface area contributed by atoms with Crippen LogP contribution < -0.4 is 10.5 Å². The van der Waals surface area contributed by atoms with E-state index in [2.05, 4.69) is 15.9 Å². The van der Waals surface area contributed by atoms with Crippen LogP contribution in [0.2, 0.25) is 0 Å². The highest BCUT2D eigenvalue weighted by Gasteiger charge is 2.04. The number of carboxylic acid groups (broad SMARTS) is 1. The number of hydrogen-bond donors (Lipinski definition) is 2. The van der Waals surface area contributed by atoms with Crippen molar-refractivity contribution < 1.29 is 14.6 Å². The van der Waals surface area contributed by atoms with Gasteiger partial charge in [-0.25, -0.2) is 4.79 Å². The molecule has 0 saturated heterocycles. The lowest BCUT2D eigenvalue weighted by molar-refractivity contribution is 0.0697. The van der Waals surface area contributed by atoms with Crippen molar-refractivity contribution in [3.05, 3.63) is 63.6 Å². The van der Waals surface area contributed by atoms with Crippen LogP contribution in [-0.4, -0.2) is 11.1 Å². The summed E-state index contributed by atoms with van der Waals surface area (Å²) in [6.45, 7) is 0.816. The number of ether oxygens (including phenoxy) is 1. The van der Waals surface area contributed by atoms with Gasteiger partial charge >= 0.3 is 5.97 Å². The van der Waals surface area contributed by atoms with Gasteiger partial charge < -0.3 is 15.6 Å². The van der Waals surface area contributed by atoms with Crippen LogP contribution in [-0.2, 0) is 13.2 Å². The molecule has 0 bridgehead atoms. The summed E-state index contributed by atoms with van der Waals surface area (Å²) in [5.41, 5.74) is 7.78. The molecule has 0 aliphatic carbocycles. The molecule has 2 aromatic carbocycles. The zero-order valence-electron chi connectivity index (χ0n) is 10.7. The molecule has 0 spiro atoms. The van der Waals surface area contributed by atoms with Crippen molar-refractivity contribution in [2.24, 2.45) is 5.73 Å². The Hall–Kier alpha value is -1.85. The molecule has 0 fully saturated rings. The third-order valence-electron chi connectivity index (χ3n) is 2.84. The SMILES string of the molecule is NCc1cc(OCc2ccc(C(=O)O)cc2)ccc1Br. The van der Waals surface area contributed by atoms with Crippen LogP contribution in [0.3, 0.4) is 0 Å². The van der Waals surface area contributed by atoms with Gasteiger partial charge in [0.25, 0.3) is 0 Å². The van der Waals surface area contributed by atoms with Crippen LogP contribution >= 0.6 is 15.9 Å². The van der Waals surface area contributed by atoms with Crippen LogP contribution in [0.5, 0.6) is 5.75 Å². The number of nitrogens with two attached hydrogens (primary N) is 1. The maximum Gasteiger partial charge on any atom is 0.335 e. The lowest BCUT2D eigenvalue weighted by Gasteiger charge is -2.09. The molecule has 2 aromatic rings. The molecule has 20 heavy (non-hydrogen) atoms. The van der Waals surface area contributed by atoms with Gasteiger partial charge in [-0.1, -0.05) is 28.1 Å². The van der Waals surface area contributed by atoms with Crippen molar-refractivity contribution >= 4 is 21.9 Å². The van der Waals surface area contributed by atoms with Gasteiger partial charge in [-0.3, -0.25) is 0 Å². The Bertz CT molecular complexity index is 611. The van der Waals surface area contributed by atoms with E-state index in [0.29, 0.717) is 13.2 Å². The van der Waals surface area contributed by atoms with E-state index < -0.39 is 5.97 Å². The molecule has 0 amide bonds. The predicted octanol–water partition coefficient (Wildman–Crippen LogP) is 3.19. The Morgan fingerprint density at radius 1 is 1.20 bits per heavy atom. The van der Waals surface area contributed by atoms with Gasteiger partial charge in [0.1, 0.15) is 12.4 Å². The zero-order valence-corrected chi connectivity index (χ0v) is 12.3. The molecule has 4 nitrogen and oxygen atoms in total. The normalized spacial score (nSPS) is 10.3. The van der Waals surface area contributed by atoms with Crippen molar-refractivity contribution in [2.45, 2.75) is 13.2 Å². The fourth-order valence-corrected chi connectivity index (χ4v) is 2.12. The van der Waals surface area contributed by atoms with Gasteiger partial charge in [-0.05, 0) is 41.5 Å². The van der Waals surface area contributed by atoms with E-state index in [9.17, 15) is 4.79 Å². The molecule has 0 heterocycles. The van der Waals surface area contributed by atoms with Crippen molar-refractivity contribution in [1.82, 2.24) is 0 Å². The molecule has 5 heteroatoms. The Balaban J connectivity index is 2.03. The Morgan fingerprint density at radius 2 is 1.90 bits per heavy atom. The summed E-state index contributed by atoms with van der Waals surface area (Å²) in [5, 5.41) is 8.82. The molecule has 0 unspecified atom stereocenters. The predicted molar refractivity (Wildman–Crippen MR) is 79.8 cm³/mol. The van der Waals surface area contributed by atoms with E-state index in [-0.39, 0.29) is 5.56 Å². The lowest BCUT2D eigenvalue weighted by atomic mass is 10.1. The number of carboxylic acids is 1. The summed E-state index contributed by atoms with van der Waals surface area (Å²) in [7, 11) is 0. The topological polar surface area (TPSA) is 72.5 Å². The number of halogens is 1. The minimum atomic E-state index is -0.932. The van der Waals surface area contributed by atoms with Crippen LogP contribution in [0.25, 0.3) is 0 Å². The summed E-state index contributed by atoms with van der Waals surface area (Å²) in [5.74, 6) is -0.200. The third kappa shape index (κ3) is 3.59. The second-order valence-electron chi connectivity index (χ2n) is 4.25. The number of rotatable bonds is 5. The number of carbonyl (C=O) groups is 1. The first kappa shape index (κ1) is 14.6. The summed E-state index contributed by atoms with van der Waals surface area (Å²) in [4.78, 5) is 10.7. The molecular formula is C15H14BrNO3. The smallest absolute Gasteiger partial charge is 0.335 e. The van der Waals surface area contributed by atoms with Gasteiger partial charge in [0.15, 0.2) is 0 Å². The molecule has 0 saturated carbocycles.